The Morgan fingerprint density at radius 1 is 0.971 bits per heavy atom. The van der Waals surface area contributed by atoms with E-state index in [-0.39, 0.29) is 12.2 Å². The summed E-state index contributed by atoms with van der Waals surface area (Å²) >= 11 is 8.42. The predicted octanol–water partition coefficient (Wildman–Crippen LogP) is 5.97. The van der Waals surface area contributed by atoms with Crippen molar-refractivity contribution in [2.75, 3.05) is 0 Å². The van der Waals surface area contributed by atoms with Gasteiger partial charge >= 0.3 is 19.8 Å². The topological polar surface area (TPSA) is 150 Å². The molecule has 0 aromatic heterocycles. The fraction of sp³-hybridized carbons (Fsp3) is 0.136. The van der Waals surface area contributed by atoms with E-state index in [4.69, 9.17) is 25.6 Å². The van der Waals surface area contributed by atoms with Crippen molar-refractivity contribution >= 4 is 104 Å². The number of ether oxygens (including phenoxy) is 1. The highest BCUT2D eigenvalue weighted by atomic mass is 127. The van der Waals surface area contributed by atoms with E-state index < -0.39 is 25.9 Å². The van der Waals surface area contributed by atoms with E-state index in [1.165, 1.54) is 0 Å². The van der Waals surface area contributed by atoms with Crippen LogP contribution in [-0.2, 0) is 15.8 Å². The second-order valence-corrected chi connectivity index (χ2v) is 12.7. The number of hydrogen-bond donors (Lipinski definition) is 5. The SMILES string of the molecule is N[C@@H](Cc1cc(I)c(Oc2cc(I)c(O)c(I)c2)c(I)c1)C(=O)O.O=[P+](O)C(O)c1ccccc1. The molecule has 8 nitrogen and oxygen atoms in total. The summed E-state index contributed by atoms with van der Waals surface area (Å²) in [5.74, 6) is -0.709. The third kappa shape index (κ3) is 9.46. The Morgan fingerprint density at radius 2 is 1.49 bits per heavy atom. The maximum absolute atomic E-state index is 10.9. The van der Waals surface area contributed by atoms with Crippen molar-refractivity contribution in [2.45, 2.75) is 18.3 Å². The summed E-state index contributed by atoms with van der Waals surface area (Å²) in [6, 6.07) is 14.7. The van der Waals surface area contributed by atoms with E-state index in [0.29, 0.717) is 24.2 Å². The van der Waals surface area contributed by atoms with Gasteiger partial charge in [0.15, 0.2) is 5.75 Å². The first-order valence-electron chi connectivity index (χ1n) is 9.61. The van der Waals surface area contributed by atoms with Gasteiger partial charge in [-0.3, -0.25) is 4.79 Å². The van der Waals surface area contributed by atoms with Crippen LogP contribution in [0.3, 0.4) is 0 Å². The van der Waals surface area contributed by atoms with Gasteiger partial charge in [-0.1, -0.05) is 30.3 Å². The molecule has 2 unspecified atom stereocenters. The molecule has 35 heavy (non-hydrogen) atoms. The molecule has 0 saturated heterocycles. The fourth-order valence-corrected chi connectivity index (χ4v) is 6.90. The second-order valence-electron chi connectivity index (χ2n) is 6.96. The minimum atomic E-state index is -2.53. The first-order valence-corrected chi connectivity index (χ1v) is 15.2. The van der Waals surface area contributed by atoms with Crippen molar-refractivity contribution in [1.82, 2.24) is 0 Å². The van der Waals surface area contributed by atoms with Crippen molar-refractivity contribution in [3.05, 3.63) is 80.0 Å². The summed E-state index contributed by atoms with van der Waals surface area (Å²) in [6.45, 7) is 0. The average Bonchev–Trinajstić information content (AvgIpc) is 2.80. The van der Waals surface area contributed by atoms with Gasteiger partial charge in [-0.2, -0.15) is 4.89 Å². The number of aliphatic hydroxyl groups excluding tert-OH is 1. The smallest absolute Gasteiger partial charge is 0.506 e. The zero-order valence-corrected chi connectivity index (χ0v) is 27.1. The summed E-state index contributed by atoms with van der Waals surface area (Å²) in [5, 5.41) is 27.8. The number of hydrogen-bond acceptors (Lipinski definition) is 6. The van der Waals surface area contributed by atoms with Gasteiger partial charge in [0.25, 0.3) is 0 Å². The Labute approximate surface area is 257 Å². The third-order valence-corrected chi connectivity index (χ3v) is 8.31. The normalized spacial score (nSPS) is 12.7. The van der Waals surface area contributed by atoms with Gasteiger partial charge in [0.1, 0.15) is 17.5 Å². The highest BCUT2D eigenvalue weighted by molar-refractivity contribution is 14.1. The molecule has 13 heteroatoms. The Balaban J connectivity index is 0.000000328. The molecule has 0 radical (unpaired) electrons. The van der Waals surface area contributed by atoms with E-state index in [9.17, 15) is 14.5 Å². The number of halogens is 4. The quantitative estimate of drug-likeness (QED) is 0.144. The summed E-state index contributed by atoms with van der Waals surface area (Å²) < 4.78 is 19.5. The maximum Gasteiger partial charge on any atom is 0.542 e. The standard InChI is InChI=1S/C15H11I4NO4.C7H7O3P/c16-8-4-7(5-9(17)13(8)21)24-14-10(18)1-6(2-11(14)19)3-12(20)15(22)23;8-7(11(9)10)6-4-2-1-3-5-6/h1-2,4-5,12,21H,3,20H2,(H,22,23);1-5,7-8H/p+1/t12-;/m0./s1. The van der Waals surface area contributed by atoms with Crippen LogP contribution in [0.15, 0.2) is 54.6 Å². The zero-order valence-electron chi connectivity index (χ0n) is 17.6. The number of aliphatic hydroxyl groups is 1. The monoisotopic (exact) mass is 948 g/mol. The number of carbonyl (C=O) groups is 1. The van der Waals surface area contributed by atoms with Crippen LogP contribution < -0.4 is 10.5 Å². The lowest BCUT2D eigenvalue weighted by Crippen LogP contribution is -2.32. The van der Waals surface area contributed by atoms with Crippen LogP contribution >= 0.6 is 98.4 Å². The molecule has 0 aliphatic rings. The summed E-state index contributed by atoms with van der Waals surface area (Å²) in [4.78, 5) is 19.4. The molecule has 3 aromatic rings. The Hall–Kier alpha value is -0.370. The molecule has 0 aliphatic carbocycles. The number of aromatic hydroxyl groups is 1. The highest BCUT2D eigenvalue weighted by Gasteiger charge is 2.27. The molecule has 0 amide bonds. The third-order valence-electron chi connectivity index (χ3n) is 4.35. The van der Waals surface area contributed by atoms with E-state index in [2.05, 4.69) is 90.4 Å². The van der Waals surface area contributed by atoms with Crippen LogP contribution in [0.5, 0.6) is 17.2 Å². The van der Waals surface area contributed by atoms with Crippen LogP contribution in [0.25, 0.3) is 0 Å². The minimum Gasteiger partial charge on any atom is -0.506 e. The molecule has 3 aromatic carbocycles. The second kappa shape index (κ2) is 14.5. The van der Waals surface area contributed by atoms with Gasteiger partial charge in [0.2, 0.25) is 0 Å². The molecule has 6 N–H and O–H groups in total. The Kier molecular flexibility index (Phi) is 12.8. The van der Waals surface area contributed by atoms with Crippen LogP contribution in [0.4, 0.5) is 0 Å². The molecule has 0 heterocycles. The number of phenols is 1. The molecule has 0 saturated carbocycles. The van der Waals surface area contributed by atoms with E-state index in [1.807, 2.05) is 12.1 Å². The number of aliphatic carboxylic acids is 1. The van der Waals surface area contributed by atoms with Gasteiger partial charge < -0.3 is 25.8 Å². The lowest BCUT2D eigenvalue weighted by molar-refractivity contribution is -0.138. The number of carboxylic acid groups (broad SMARTS) is 1. The van der Waals surface area contributed by atoms with Crippen LogP contribution in [0.2, 0.25) is 0 Å². The molecular weight excluding hydrogens is 929 g/mol. The largest absolute Gasteiger partial charge is 0.542 e. The van der Waals surface area contributed by atoms with Gasteiger partial charge in [-0.15, -0.1) is 0 Å². The number of rotatable bonds is 7. The van der Waals surface area contributed by atoms with Crippen molar-refractivity contribution in [3.8, 4) is 17.2 Å². The summed E-state index contributed by atoms with van der Waals surface area (Å²) in [7, 11) is -2.53. The zero-order chi connectivity index (χ0) is 26.3. The molecule has 0 bridgehead atoms. The first kappa shape index (κ1) is 30.9. The molecule has 0 fully saturated rings. The highest BCUT2D eigenvalue weighted by Crippen LogP contribution is 2.37. The van der Waals surface area contributed by atoms with Crippen LogP contribution in [0.1, 0.15) is 17.0 Å². The van der Waals surface area contributed by atoms with E-state index in [1.54, 1.807) is 42.5 Å². The number of benzene rings is 3. The predicted molar refractivity (Wildman–Crippen MR) is 166 cm³/mol. The van der Waals surface area contributed by atoms with Crippen molar-refractivity contribution < 1.29 is 34.3 Å². The number of carboxylic acids is 1. The molecule has 3 atom stereocenters. The van der Waals surface area contributed by atoms with E-state index >= 15 is 0 Å². The number of nitrogens with two attached hydrogens (primary N) is 1. The van der Waals surface area contributed by atoms with E-state index in [0.717, 1.165) is 12.7 Å². The van der Waals surface area contributed by atoms with Crippen molar-refractivity contribution in [1.29, 1.82) is 0 Å². The summed E-state index contributed by atoms with van der Waals surface area (Å²) in [5.41, 5.74) is 6.91. The lowest BCUT2D eigenvalue weighted by atomic mass is 10.1. The van der Waals surface area contributed by atoms with Crippen molar-refractivity contribution in [2.24, 2.45) is 5.73 Å². The van der Waals surface area contributed by atoms with Gasteiger partial charge in [-0.05, 0) is 131 Å². The number of phenolic OH excluding ortho intramolecular Hbond substituents is 1. The minimum absolute atomic E-state index is 0.242. The van der Waals surface area contributed by atoms with Gasteiger partial charge in [0.05, 0.1) is 14.3 Å². The van der Waals surface area contributed by atoms with Crippen molar-refractivity contribution in [3.63, 3.8) is 0 Å². The molecule has 0 spiro atoms. The first-order chi connectivity index (χ1) is 16.4. The van der Waals surface area contributed by atoms with Crippen LogP contribution in [-0.4, -0.2) is 32.2 Å². The van der Waals surface area contributed by atoms with Gasteiger partial charge in [0, 0.05) is 5.56 Å². The average molecular weight is 948 g/mol. The summed E-state index contributed by atoms with van der Waals surface area (Å²) in [6.07, 6.45) is 0.261. The Bertz CT molecular complexity index is 1170. The molecule has 0 aliphatic heterocycles. The Morgan fingerprint density at radius 3 is 1.94 bits per heavy atom. The molecule has 3 rings (SSSR count). The van der Waals surface area contributed by atoms with Gasteiger partial charge in [-0.25, -0.2) is 0 Å². The van der Waals surface area contributed by atoms with Crippen LogP contribution in [0, 0.1) is 14.3 Å². The molecular formula is C22H19I4NO7P+. The maximum atomic E-state index is 10.9. The lowest BCUT2D eigenvalue weighted by Gasteiger charge is -2.14. The molecule has 186 valence electrons. The fourth-order valence-electron chi connectivity index (χ4n) is 2.64.